The molecule has 2 aromatic rings. The molecular formula is C14H20F3IN6S. The highest BCUT2D eigenvalue weighted by Crippen LogP contribution is 2.29. The normalized spacial score (nSPS) is 11.9. The minimum Gasteiger partial charge on any atom is -0.356 e. The molecule has 0 aliphatic carbocycles. The van der Waals surface area contributed by atoms with Crippen molar-refractivity contribution in [1.29, 1.82) is 0 Å². The summed E-state index contributed by atoms with van der Waals surface area (Å²) < 4.78 is 39.3. The third-order valence-corrected chi connectivity index (χ3v) is 4.02. The highest BCUT2D eigenvalue weighted by Gasteiger charge is 2.33. The highest BCUT2D eigenvalue weighted by atomic mass is 127. The van der Waals surface area contributed by atoms with E-state index in [-0.39, 0.29) is 24.0 Å². The van der Waals surface area contributed by atoms with E-state index >= 15 is 0 Å². The molecule has 2 aromatic heterocycles. The molecule has 0 saturated carbocycles. The first-order valence-electron chi connectivity index (χ1n) is 7.42. The number of alkyl halides is 3. The van der Waals surface area contributed by atoms with Gasteiger partial charge in [-0.3, -0.25) is 9.67 Å². The number of hydrogen-bond donors (Lipinski definition) is 2. The first-order valence-corrected chi connectivity index (χ1v) is 8.30. The van der Waals surface area contributed by atoms with Crippen LogP contribution in [-0.4, -0.2) is 40.9 Å². The van der Waals surface area contributed by atoms with Crippen LogP contribution in [-0.2, 0) is 19.1 Å². The number of aliphatic imine (C=N–C) groups is 1. The molecule has 2 heterocycles. The maximum Gasteiger partial charge on any atom is 0.434 e. The highest BCUT2D eigenvalue weighted by molar-refractivity contribution is 14.0. The number of thiazole rings is 1. The Morgan fingerprint density at radius 2 is 2.08 bits per heavy atom. The Morgan fingerprint density at radius 1 is 1.32 bits per heavy atom. The van der Waals surface area contributed by atoms with E-state index in [2.05, 4.69) is 25.7 Å². The number of rotatable bonds is 7. The fraction of sp³-hybridized carbons (Fsp3) is 0.500. The average Bonchev–Trinajstić information content (AvgIpc) is 3.20. The molecule has 0 spiro atoms. The zero-order chi connectivity index (χ0) is 17.4. The van der Waals surface area contributed by atoms with Gasteiger partial charge in [0.05, 0.1) is 5.01 Å². The van der Waals surface area contributed by atoms with Crippen LogP contribution >= 0.6 is 35.3 Å². The summed E-state index contributed by atoms with van der Waals surface area (Å²) in [5, 5.41) is 11.8. The molecule has 6 nitrogen and oxygen atoms in total. The Balaban J connectivity index is 0.00000312. The maximum absolute atomic E-state index is 12.5. The minimum atomic E-state index is -4.38. The smallest absolute Gasteiger partial charge is 0.356 e. The lowest BCUT2D eigenvalue weighted by Crippen LogP contribution is -2.39. The van der Waals surface area contributed by atoms with E-state index in [9.17, 15) is 13.2 Å². The summed E-state index contributed by atoms with van der Waals surface area (Å²) in [6.45, 7) is 1.98. The Bertz CT molecular complexity index is 641. The number of nitrogens with zero attached hydrogens (tertiary/aromatic N) is 4. The molecule has 0 amide bonds. The summed E-state index contributed by atoms with van der Waals surface area (Å²) in [5.74, 6) is 0.614. The van der Waals surface area contributed by atoms with E-state index < -0.39 is 11.9 Å². The first-order chi connectivity index (χ1) is 11.5. The molecule has 0 aliphatic rings. The average molecular weight is 488 g/mol. The van der Waals surface area contributed by atoms with Gasteiger partial charge in [-0.15, -0.1) is 35.3 Å². The van der Waals surface area contributed by atoms with Gasteiger partial charge in [0.15, 0.2) is 11.7 Å². The molecule has 0 bridgehead atoms. The molecule has 2 rings (SSSR count). The van der Waals surface area contributed by atoms with Gasteiger partial charge in [0.25, 0.3) is 0 Å². The zero-order valence-corrected chi connectivity index (χ0v) is 16.7. The van der Waals surface area contributed by atoms with E-state index in [0.717, 1.165) is 36.2 Å². The molecule has 2 N–H and O–H groups in total. The molecule has 0 atom stereocenters. The summed E-state index contributed by atoms with van der Waals surface area (Å²) in [6.07, 6.45) is 0.542. The predicted octanol–water partition coefficient (Wildman–Crippen LogP) is 2.77. The van der Waals surface area contributed by atoms with Crippen LogP contribution in [0, 0.1) is 0 Å². The van der Waals surface area contributed by atoms with E-state index in [1.54, 1.807) is 13.2 Å². The number of hydrogen-bond acceptors (Lipinski definition) is 4. The van der Waals surface area contributed by atoms with Crippen molar-refractivity contribution in [2.24, 2.45) is 4.99 Å². The molecular weight excluding hydrogens is 468 g/mol. The quantitative estimate of drug-likeness (QED) is 0.272. The van der Waals surface area contributed by atoms with Crippen LogP contribution in [0.1, 0.15) is 17.1 Å². The molecule has 0 saturated heterocycles. The van der Waals surface area contributed by atoms with Crippen LogP contribution in [0.15, 0.2) is 28.8 Å². The molecule has 140 valence electrons. The molecule has 0 radical (unpaired) electrons. The van der Waals surface area contributed by atoms with E-state index in [4.69, 9.17) is 0 Å². The van der Waals surface area contributed by atoms with Crippen molar-refractivity contribution < 1.29 is 13.2 Å². The van der Waals surface area contributed by atoms with Crippen LogP contribution in [0.5, 0.6) is 0 Å². The van der Waals surface area contributed by atoms with Gasteiger partial charge in [-0.25, -0.2) is 4.98 Å². The van der Waals surface area contributed by atoms with Gasteiger partial charge in [0.1, 0.15) is 0 Å². The van der Waals surface area contributed by atoms with Crippen molar-refractivity contribution in [3.63, 3.8) is 0 Å². The molecule has 0 unspecified atom stereocenters. The van der Waals surface area contributed by atoms with Crippen molar-refractivity contribution >= 4 is 41.3 Å². The van der Waals surface area contributed by atoms with Crippen LogP contribution in [0.4, 0.5) is 13.2 Å². The van der Waals surface area contributed by atoms with E-state index in [1.807, 2.05) is 16.9 Å². The molecule has 0 fully saturated rings. The lowest BCUT2D eigenvalue weighted by molar-refractivity contribution is -0.140. The largest absolute Gasteiger partial charge is 0.434 e. The lowest BCUT2D eigenvalue weighted by Gasteiger charge is -2.11. The Kier molecular flexibility index (Phi) is 9.17. The molecule has 11 heteroatoms. The number of guanidine groups is 1. The standard InChI is InChI=1S/C14H19F3N6S.HI/c1-18-13(19-5-2-8-23-9-3-6-21-23)20-7-4-12-22-11(10-24-12)14(15,16)17;/h3,6,9-10H,2,4-5,7-8H2,1H3,(H2,18,19,20);1H. The second kappa shape index (κ2) is 10.6. The molecule has 0 aromatic carbocycles. The minimum absolute atomic E-state index is 0. The maximum atomic E-state index is 12.5. The second-order valence-electron chi connectivity index (χ2n) is 4.92. The Hall–Kier alpha value is -1.37. The van der Waals surface area contributed by atoms with Crippen LogP contribution in [0.2, 0.25) is 0 Å². The van der Waals surface area contributed by atoms with E-state index in [1.165, 1.54) is 0 Å². The molecule has 25 heavy (non-hydrogen) atoms. The van der Waals surface area contributed by atoms with Gasteiger partial charge in [0, 0.05) is 50.9 Å². The summed E-state index contributed by atoms with van der Waals surface area (Å²) in [5.41, 5.74) is -0.830. The third kappa shape index (κ3) is 7.59. The Labute approximate surface area is 165 Å². The topological polar surface area (TPSA) is 67.1 Å². The first kappa shape index (κ1) is 21.7. The van der Waals surface area contributed by atoms with Crippen molar-refractivity contribution in [2.75, 3.05) is 20.1 Å². The number of halogens is 4. The summed E-state index contributed by atoms with van der Waals surface area (Å²) in [6, 6.07) is 1.87. The number of aromatic nitrogens is 3. The Morgan fingerprint density at radius 3 is 2.68 bits per heavy atom. The zero-order valence-electron chi connectivity index (χ0n) is 13.6. The van der Waals surface area contributed by atoms with Crippen LogP contribution in [0.3, 0.4) is 0 Å². The summed E-state index contributed by atoms with van der Waals surface area (Å²) in [4.78, 5) is 7.66. The van der Waals surface area contributed by atoms with Crippen LogP contribution < -0.4 is 10.6 Å². The van der Waals surface area contributed by atoms with Crippen LogP contribution in [0.25, 0.3) is 0 Å². The third-order valence-electron chi connectivity index (χ3n) is 3.11. The van der Waals surface area contributed by atoms with Crippen molar-refractivity contribution in [3.05, 3.63) is 34.5 Å². The van der Waals surface area contributed by atoms with Gasteiger partial charge < -0.3 is 10.6 Å². The van der Waals surface area contributed by atoms with E-state index in [0.29, 0.717) is 23.9 Å². The second-order valence-corrected chi connectivity index (χ2v) is 5.87. The SMILES string of the molecule is CN=C(NCCCn1cccn1)NCCc1nc(C(F)(F)F)cs1.I. The van der Waals surface area contributed by atoms with Gasteiger partial charge in [0.2, 0.25) is 0 Å². The number of aryl methyl sites for hydroxylation is 1. The van der Waals surface area contributed by atoms with Crippen molar-refractivity contribution in [1.82, 2.24) is 25.4 Å². The van der Waals surface area contributed by atoms with Gasteiger partial charge in [-0.05, 0) is 12.5 Å². The predicted molar refractivity (Wildman–Crippen MR) is 102 cm³/mol. The lowest BCUT2D eigenvalue weighted by atomic mass is 10.4. The monoisotopic (exact) mass is 488 g/mol. The number of nitrogens with one attached hydrogen (secondary N) is 2. The summed E-state index contributed by atoms with van der Waals surface area (Å²) in [7, 11) is 1.65. The summed E-state index contributed by atoms with van der Waals surface area (Å²) >= 11 is 1.01. The van der Waals surface area contributed by atoms with Gasteiger partial charge >= 0.3 is 6.18 Å². The van der Waals surface area contributed by atoms with Crippen molar-refractivity contribution in [3.8, 4) is 0 Å². The van der Waals surface area contributed by atoms with Crippen molar-refractivity contribution in [2.45, 2.75) is 25.6 Å². The fourth-order valence-electron chi connectivity index (χ4n) is 1.94. The fourth-order valence-corrected chi connectivity index (χ4v) is 2.75. The molecule has 0 aliphatic heterocycles. The van der Waals surface area contributed by atoms with Gasteiger partial charge in [-0.2, -0.15) is 18.3 Å². The van der Waals surface area contributed by atoms with Gasteiger partial charge in [-0.1, -0.05) is 0 Å².